The first kappa shape index (κ1) is 18.9. The van der Waals surface area contributed by atoms with Gasteiger partial charge in [-0.15, -0.1) is 11.3 Å². The first-order valence-corrected chi connectivity index (χ1v) is 9.88. The molecule has 0 bridgehead atoms. The standard InChI is InChI=1S/C20H20N6O2S/c1-14-18(29-20(23-14)15-12-22-25(2)13-15)19(27)24-16-5-3-6-17(11-16)28-10-9-26-8-4-7-21-26/h3-8,11-13H,9-10H2,1-2H3,(H,24,27). The van der Waals surface area contributed by atoms with Gasteiger partial charge in [-0.05, 0) is 25.1 Å². The third kappa shape index (κ3) is 4.52. The number of anilines is 1. The Balaban J connectivity index is 1.41. The summed E-state index contributed by atoms with van der Waals surface area (Å²) in [4.78, 5) is 17.8. The lowest BCUT2D eigenvalue weighted by Crippen LogP contribution is -2.12. The summed E-state index contributed by atoms with van der Waals surface area (Å²) in [6.07, 6.45) is 7.24. The van der Waals surface area contributed by atoms with E-state index in [9.17, 15) is 4.79 Å². The summed E-state index contributed by atoms with van der Waals surface area (Å²) in [6.45, 7) is 2.97. The highest BCUT2D eigenvalue weighted by molar-refractivity contribution is 7.17. The molecule has 148 valence electrons. The molecule has 0 spiro atoms. The summed E-state index contributed by atoms with van der Waals surface area (Å²) in [5.74, 6) is 0.496. The van der Waals surface area contributed by atoms with Crippen molar-refractivity contribution in [3.8, 4) is 16.3 Å². The number of aryl methyl sites for hydroxylation is 2. The van der Waals surface area contributed by atoms with E-state index in [-0.39, 0.29) is 5.91 Å². The maximum atomic E-state index is 12.8. The smallest absolute Gasteiger partial charge is 0.267 e. The molecule has 9 heteroatoms. The van der Waals surface area contributed by atoms with Gasteiger partial charge in [0.1, 0.15) is 22.2 Å². The van der Waals surface area contributed by atoms with Gasteiger partial charge in [0.25, 0.3) is 5.91 Å². The molecule has 4 aromatic rings. The van der Waals surface area contributed by atoms with Crippen LogP contribution >= 0.6 is 11.3 Å². The zero-order valence-corrected chi connectivity index (χ0v) is 16.9. The molecule has 3 heterocycles. The second kappa shape index (κ2) is 8.27. The molecule has 1 amide bonds. The second-order valence-electron chi connectivity index (χ2n) is 6.44. The molecule has 8 nitrogen and oxygen atoms in total. The van der Waals surface area contributed by atoms with Gasteiger partial charge in [0.15, 0.2) is 0 Å². The molecule has 0 atom stereocenters. The first-order chi connectivity index (χ1) is 14.1. The number of nitrogens with zero attached hydrogens (tertiary/aromatic N) is 5. The minimum atomic E-state index is -0.191. The fourth-order valence-electron chi connectivity index (χ4n) is 2.80. The number of thiazole rings is 1. The summed E-state index contributed by atoms with van der Waals surface area (Å²) >= 11 is 1.35. The van der Waals surface area contributed by atoms with Crippen molar-refractivity contribution in [1.82, 2.24) is 24.5 Å². The van der Waals surface area contributed by atoms with Crippen LogP contribution in [0.4, 0.5) is 5.69 Å². The van der Waals surface area contributed by atoms with Crippen LogP contribution in [0.2, 0.25) is 0 Å². The zero-order valence-electron chi connectivity index (χ0n) is 16.1. The van der Waals surface area contributed by atoms with Crippen LogP contribution in [0.15, 0.2) is 55.1 Å². The van der Waals surface area contributed by atoms with E-state index in [1.54, 1.807) is 27.8 Å². The molecule has 0 unspecified atom stereocenters. The Bertz CT molecular complexity index is 1120. The molecule has 0 fully saturated rings. The van der Waals surface area contributed by atoms with E-state index in [2.05, 4.69) is 20.5 Å². The molecule has 0 saturated carbocycles. The number of rotatable bonds is 7. The SMILES string of the molecule is Cc1nc(-c2cnn(C)c2)sc1C(=O)Nc1cccc(OCCn2cccn2)c1. The lowest BCUT2D eigenvalue weighted by atomic mass is 10.3. The van der Waals surface area contributed by atoms with Crippen LogP contribution in [0, 0.1) is 6.92 Å². The van der Waals surface area contributed by atoms with E-state index < -0.39 is 0 Å². The first-order valence-electron chi connectivity index (χ1n) is 9.06. The van der Waals surface area contributed by atoms with Crippen molar-refractivity contribution in [3.63, 3.8) is 0 Å². The monoisotopic (exact) mass is 408 g/mol. The van der Waals surface area contributed by atoms with Gasteiger partial charge in [0, 0.05) is 43.0 Å². The van der Waals surface area contributed by atoms with Crippen LogP contribution in [0.25, 0.3) is 10.6 Å². The number of ether oxygens (including phenoxy) is 1. The summed E-state index contributed by atoms with van der Waals surface area (Å²) in [5, 5.41) is 12.0. The van der Waals surface area contributed by atoms with Gasteiger partial charge in [-0.2, -0.15) is 10.2 Å². The van der Waals surface area contributed by atoms with Crippen molar-refractivity contribution in [3.05, 3.63) is 65.7 Å². The molecule has 29 heavy (non-hydrogen) atoms. The number of nitrogens with one attached hydrogen (secondary N) is 1. The summed E-state index contributed by atoms with van der Waals surface area (Å²) in [7, 11) is 1.85. The number of aromatic nitrogens is 5. The van der Waals surface area contributed by atoms with Crippen LogP contribution < -0.4 is 10.1 Å². The molecule has 0 radical (unpaired) electrons. The van der Waals surface area contributed by atoms with Crippen molar-refractivity contribution in [1.29, 1.82) is 0 Å². The maximum absolute atomic E-state index is 12.8. The highest BCUT2D eigenvalue weighted by Crippen LogP contribution is 2.28. The van der Waals surface area contributed by atoms with E-state index >= 15 is 0 Å². The second-order valence-corrected chi connectivity index (χ2v) is 7.43. The lowest BCUT2D eigenvalue weighted by molar-refractivity contribution is 0.103. The molecule has 1 aromatic carbocycles. The van der Waals surface area contributed by atoms with E-state index in [1.165, 1.54) is 11.3 Å². The zero-order chi connectivity index (χ0) is 20.2. The van der Waals surface area contributed by atoms with Crippen molar-refractivity contribution in [2.75, 3.05) is 11.9 Å². The van der Waals surface area contributed by atoms with Gasteiger partial charge in [-0.3, -0.25) is 14.2 Å². The Labute approximate surface area is 171 Å². The van der Waals surface area contributed by atoms with Gasteiger partial charge in [0.2, 0.25) is 0 Å². The van der Waals surface area contributed by atoms with Crippen LogP contribution in [0.5, 0.6) is 5.75 Å². The number of hydrogen-bond acceptors (Lipinski definition) is 6. The minimum Gasteiger partial charge on any atom is -0.492 e. The summed E-state index contributed by atoms with van der Waals surface area (Å²) in [5.41, 5.74) is 2.26. The third-order valence-electron chi connectivity index (χ3n) is 4.19. The fraction of sp³-hybridized carbons (Fsp3) is 0.200. The fourth-order valence-corrected chi connectivity index (χ4v) is 3.74. The summed E-state index contributed by atoms with van der Waals surface area (Å²) < 4.78 is 9.28. The largest absolute Gasteiger partial charge is 0.492 e. The van der Waals surface area contributed by atoms with Crippen LogP contribution in [0.1, 0.15) is 15.4 Å². The minimum absolute atomic E-state index is 0.191. The Morgan fingerprint density at radius 1 is 1.28 bits per heavy atom. The van der Waals surface area contributed by atoms with E-state index in [0.717, 1.165) is 10.6 Å². The molecule has 0 aliphatic heterocycles. The van der Waals surface area contributed by atoms with Gasteiger partial charge >= 0.3 is 0 Å². The van der Waals surface area contributed by atoms with Crippen molar-refractivity contribution >= 4 is 22.9 Å². The number of carbonyl (C=O) groups is 1. The average molecular weight is 408 g/mol. The predicted octanol–water partition coefficient (Wildman–Crippen LogP) is 3.38. The number of hydrogen-bond donors (Lipinski definition) is 1. The maximum Gasteiger partial charge on any atom is 0.267 e. The molecule has 0 aliphatic rings. The normalized spacial score (nSPS) is 10.8. The molecular formula is C20H20N6O2S. The molecule has 0 aliphatic carbocycles. The molecule has 1 N–H and O–H groups in total. The van der Waals surface area contributed by atoms with Crippen molar-refractivity contribution < 1.29 is 9.53 Å². The topological polar surface area (TPSA) is 86.9 Å². The Morgan fingerprint density at radius 2 is 2.17 bits per heavy atom. The van der Waals surface area contributed by atoms with E-state index in [1.807, 2.05) is 50.6 Å². The molecule has 4 rings (SSSR count). The summed E-state index contributed by atoms with van der Waals surface area (Å²) in [6, 6.07) is 9.21. The molecular weight excluding hydrogens is 388 g/mol. The van der Waals surface area contributed by atoms with E-state index in [0.29, 0.717) is 35.2 Å². The predicted molar refractivity (Wildman–Crippen MR) is 111 cm³/mol. The van der Waals surface area contributed by atoms with Crippen molar-refractivity contribution in [2.45, 2.75) is 13.5 Å². The quantitative estimate of drug-likeness (QED) is 0.507. The average Bonchev–Trinajstić information content (AvgIpc) is 3.43. The number of amides is 1. The molecule has 3 aromatic heterocycles. The van der Waals surface area contributed by atoms with Gasteiger partial charge in [-0.25, -0.2) is 4.98 Å². The number of carbonyl (C=O) groups excluding carboxylic acids is 1. The van der Waals surface area contributed by atoms with Crippen molar-refractivity contribution in [2.24, 2.45) is 7.05 Å². The highest BCUT2D eigenvalue weighted by atomic mass is 32.1. The third-order valence-corrected chi connectivity index (χ3v) is 5.40. The Kier molecular flexibility index (Phi) is 5.39. The lowest BCUT2D eigenvalue weighted by Gasteiger charge is -2.09. The van der Waals surface area contributed by atoms with Crippen LogP contribution in [0.3, 0.4) is 0 Å². The highest BCUT2D eigenvalue weighted by Gasteiger charge is 2.17. The van der Waals surface area contributed by atoms with Gasteiger partial charge in [-0.1, -0.05) is 6.07 Å². The number of benzene rings is 1. The van der Waals surface area contributed by atoms with E-state index in [4.69, 9.17) is 4.74 Å². The van der Waals surface area contributed by atoms with Gasteiger partial charge < -0.3 is 10.1 Å². The Morgan fingerprint density at radius 3 is 2.93 bits per heavy atom. The molecule has 0 saturated heterocycles. The Hall–Kier alpha value is -3.46. The van der Waals surface area contributed by atoms with Crippen LogP contribution in [-0.4, -0.2) is 37.1 Å². The van der Waals surface area contributed by atoms with Crippen LogP contribution in [-0.2, 0) is 13.6 Å². The van der Waals surface area contributed by atoms with Gasteiger partial charge in [0.05, 0.1) is 18.4 Å².